The third-order valence-corrected chi connectivity index (χ3v) is 7.43. The van der Waals surface area contributed by atoms with Crippen molar-refractivity contribution in [2.24, 2.45) is 11.8 Å². The molecule has 0 spiro atoms. The van der Waals surface area contributed by atoms with Gasteiger partial charge in [-0.3, -0.25) is 9.59 Å². The third kappa shape index (κ3) is 4.32. The largest absolute Gasteiger partial charge is 0.481 e. The minimum atomic E-state index is -3.47. The van der Waals surface area contributed by atoms with E-state index in [0.717, 1.165) is 24.8 Å². The highest BCUT2D eigenvalue weighted by atomic mass is 32.2. The number of aliphatic carboxylic acids is 1. The molecule has 2 saturated heterocycles. The molecule has 0 saturated carbocycles. The Morgan fingerprint density at radius 2 is 1.70 bits per heavy atom. The van der Waals surface area contributed by atoms with Gasteiger partial charge < -0.3 is 10.0 Å². The summed E-state index contributed by atoms with van der Waals surface area (Å²) in [6, 6.07) is 6.45. The van der Waals surface area contributed by atoms with Gasteiger partial charge in [-0.15, -0.1) is 0 Å². The first-order valence-corrected chi connectivity index (χ1v) is 10.8. The predicted octanol–water partition coefficient (Wildman–Crippen LogP) is 1.58. The molecule has 27 heavy (non-hydrogen) atoms. The van der Waals surface area contributed by atoms with Crippen molar-refractivity contribution in [1.82, 2.24) is 9.21 Å². The molecule has 1 amide bonds. The number of piperidine rings is 1. The van der Waals surface area contributed by atoms with Gasteiger partial charge in [-0.25, -0.2) is 8.42 Å². The van der Waals surface area contributed by atoms with Gasteiger partial charge in [0.05, 0.1) is 17.2 Å². The fourth-order valence-corrected chi connectivity index (χ4v) is 5.33. The summed E-state index contributed by atoms with van der Waals surface area (Å²) in [6.45, 7) is 3.63. The summed E-state index contributed by atoms with van der Waals surface area (Å²) >= 11 is 0. The number of sulfonamides is 1. The van der Waals surface area contributed by atoms with Crippen molar-refractivity contribution in [2.45, 2.75) is 37.5 Å². The summed E-state index contributed by atoms with van der Waals surface area (Å²) in [7, 11) is -3.47. The van der Waals surface area contributed by atoms with Gasteiger partial charge in [-0.1, -0.05) is 25.5 Å². The molecule has 1 aromatic carbocycles. The van der Waals surface area contributed by atoms with Crippen LogP contribution in [0.2, 0.25) is 0 Å². The van der Waals surface area contributed by atoms with Crippen LogP contribution in [0, 0.1) is 11.8 Å². The number of carboxylic acids is 1. The number of carbonyl (C=O) groups excluding carboxylic acids is 1. The Balaban J connectivity index is 1.64. The molecule has 2 aliphatic heterocycles. The molecular weight excluding hydrogens is 368 g/mol. The van der Waals surface area contributed by atoms with E-state index in [1.807, 2.05) is 6.92 Å². The van der Waals surface area contributed by atoms with Gasteiger partial charge in [0.15, 0.2) is 0 Å². The highest BCUT2D eigenvalue weighted by Crippen LogP contribution is 2.24. The van der Waals surface area contributed by atoms with Crippen molar-refractivity contribution in [3.8, 4) is 0 Å². The van der Waals surface area contributed by atoms with Crippen LogP contribution in [-0.2, 0) is 26.0 Å². The van der Waals surface area contributed by atoms with Crippen LogP contribution in [0.4, 0.5) is 0 Å². The fourth-order valence-electron chi connectivity index (χ4n) is 3.81. The predicted molar refractivity (Wildman–Crippen MR) is 99.6 cm³/mol. The van der Waals surface area contributed by atoms with Crippen molar-refractivity contribution in [3.63, 3.8) is 0 Å². The van der Waals surface area contributed by atoms with Crippen molar-refractivity contribution < 1.29 is 23.1 Å². The number of hydrogen-bond donors (Lipinski definition) is 1. The zero-order valence-electron chi connectivity index (χ0n) is 15.5. The van der Waals surface area contributed by atoms with E-state index >= 15 is 0 Å². The van der Waals surface area contributed by atoms with Crippen LogP contribution in [0.5, 0.6) is 0 Å². The number of rotatable bonds is 5. The highest BCUT2D eigenvalue weighted by molar-refractivity contribution is 7.89. The summed E-state index contributed by atoms with van der Waals surface area (Å²) in [5.74, 6) is -1.59. The van der Waals surface area contributed by atoms with Crippen LogP contribution in [0.3, 0.4) is 0 Å². The van der Waals surface area contributed by atoms with Gasteiger partial charge in [-0.05, 0) is 36.5 Å². The molecule has 148 valence electrons. The summed E-state index contributed by atoms with van der Waals surface area (Å²) < 4.78 is 26.8. The second kappa shape index (κ2) is 7.98. The molecule has 2 atom stereocenters. The lowest BCUT2D eigenvalue weighted by Crippen LogP contribution is -2.35. The number of nitrogens with zero attached hydrogens (tertiary/aromatic N) is 2. The van der Waals surface area contributed by atoms with Gasteiger partial charge in [0.25, 0.3) is 0 Å². The molecule has 3 rings (SSSR count). The van der Waals surface area contributed by atoms with E-state index in [-0.39, 0.29) is 29.7 Å². The van der Waals surface area contributed by atoms with Gasteiger partial charge in [0, 0.05) is 26.2 Å². The molecule has 8 heteroatoms. The van der Waals surface area contributed by atoms with Crippen LogP contribution >= 0.6 is 0 Å². The molecule has 0 aliphatic carbocycles. The van der Waals surface area contributed by atoms with Crippen LogP contribution in [-0.4, -0.2) is 60.8 Å². The third-order valence-electron chi connectivity index (χ3n) is 5.51. The minimum Gasteiger partial charge on any atom is -0.481 e. The molecule has 0 radical (unpaired) electrons. The number of carbonyl (C=O) groups is 2. The van der Waals surface area contributed by atoms with E-state index < -0.39 is 21.9 Å². The SMILES string of the molecule is C[C@@H]1CN(C(=O)Cc2ccc(S(=O)(=O)N3CCCCC3)cc2)C[C@H]1C(=O)O. The molecule has 1 N–H and O–H groups in total. The first-order chi connectivity index (χ1) is 12.8. The maximum Gasteiger partial charge on any atom is 0.308 e. The Bertz CT molecular complexity index is 800. The quantitative estimate of drug-likeness (QED) is 0.818. The van der Waals surface area contributed by atoms with Gasteiger partial charge in [-0.2, -0.15) is 4.31 Å². The number of benzene rings is 1. The lowest BCUT2D eigenvalue weighted by atomic mass is 9.99. The summed E-state index contributed by atoms with van der Waals surface area (Å²) in [5, 5.41) is 9.19. The zero-order chi connectivity index (χ0) is 19.6. The fraction of sp³-hybridized carbons (Fsp3) is 0.579. The van der Waals surface area contributed by atoms with E-state index in [9.17, 15) is 23.1 Å². The molecule has 7 nitrogen and oxygen atoms in total. The average molecular weight is 394 g/mol. The Kier molecular flexibility index (Phi) is 5.86. The number of hydrogen-bond acceptors (Lipinski definition) is 4. The lowest BCUT2D eigenvalue weighted by molar-refractivity contribution is -0.142. The first-order valence-electron chi connectivity index (χ1n) is 9.38. The summed E-state index contributed by atoms with van der Waals surface area (Å²) in [6.07, 6.45) is 2.98. The van der Waals surface area contributed by atoms with E-state index in [1.54, 1.807) is 29.2 Å². The van der Waals surface area contributed by atoms with Crippen molar-refractivity contribution in [3.05, 3.63) is 29.8 Å². The molecule has 0 unspecified atom stereocenters. The Labute approximate surface area is 160 Å². The van der Waals surface area contributed by atoms with Crippen LogP contribution in [0.15, 0.2) is 29.2 Å². The average Bonchev–Trinajstić information content (AvgIpc) is 3.05. The number of carboxylic acid groups (broad SMARTS) is 1. The number of amides is 1. The van der Waals surface area contributed by atoms with Gasteiger partial charge in [0.2, 0.25) is 15.9 Å². The van der Waals surface area contributed by atoms with Gasteiger partial charge in [0.1, 0.15) is 0 Å². The Morgan fingerprint density at radius 1 is 1.07 bits per heavy atom. The minimum absolute atomic E-state index is 0.0662. The van der Waals surface area contributed by atoms with Crippen molar-refractivity contribution in [1.29, 1.82) is 0 Å². The molecule has 2 aliphatic rings. The standard InChI is InChI=1S/C19H26N2O5S/c1-14-12-20(13-17(14)19(23)24)18(22)11-15-5-7-16(8-6-15)27(25,26)21-9-3-2-4-10-21/h5-8,14,17H,2-4,9-13H2,1H3,(H,23,24)/t14-,17-/m1/s1. The van der Waals surface area contributed by atoms with E-state index in [4.69, 9.17) is 0 Å². The maximum absolute atomic E-state index is 12.7. The first kappa shape index (κ1) is 19.8. The van der Waals surface area contributed by atoms with Gasteiger partial charge >= 0.3 is 5.97 Å². The van der Waals surface area contributed by atoms with E-state index in [0.29, 0.717) is 19.6 Å². The maximum atomic E-state index is 12.7. The van der Waals surface area contributed by atoms with E-state index in [2.05, 4.69) is 0 Å². The number of likely N-dealkylation sites (tertiary alicyclic amines) is 1. The Morgan fingerprint density at radius 3 is 2.26 bits per heavy atom. The highest BCUT2D eigenvalue weighted by Gasteiger charge is 2.36. The van der Waals surface area contributed by atoms with Crippen molar-refractivity contribution in [2.75, 3.05) is 26.2 Å². The molecule has 1 aromatic rings. The van der Waals surface area contributed by atoms with E-state index in [1.165, 1.54) is 4.31 Å². The van der Waals surface area contributed by atoms with Crippen LogP contribution in [0.25, 0.3) is 0 Å². The zero-order valence-corrected chi connectivity index (χ0v) is 16.3. The van der Waals surface area contributed by atoms with Crippen molar-refractivity contribution >= 4 is 21.9 Å². The molecule has 2 fully saturated rings. The summed E-state index contributed by atoms with van der Waals surface area (Å²) in [4.78, 5) is 25.5. The normalized spacial score (nSPS) is 24.1. The second-order valence-corrected chi connectivity index (χ2v) is 9.44. The molecule has 2 heterocycles. The molecule has 0 aromatic heterocycles. The van der Waals surface area contributed by atoms with Crippen LogP contribution < -0.4 is 0 Å². The smallest absolute Gasteiger partial charge is 0.308 e. The molecule has 0 bridgehead atoms. The topological polar surface area (TPSA) is 95.0 Å². The molecular formula is C19H26N2O5S. The second-order valence-electron chi connectivity index (χ2n) is 7.51. The monoisotopic (exact) mass is 394 g/mol. The van der Waals surface area contributed by atoms with Crippen LogP contribution in [0.1, 0.15) is 31.7 Å². The Hall–Kier alpha value is -1.93. The lowest BCUT2D eigenvalue weighted by Gasteiger charge is -2.25. The summed E-state index contributed by atoms with van der Waals surface area (Å²) in [5.41, 5.74) is 0.726.